The van der Waals surface area contributed by atoms with E-state index >= 15 is 0 Å². The van der Waals surface area contributed by atoms with Gasteiger partial charge in [0.25, 0.3) is 0 Å². The number of nitrogens with two attached hydrogens (primary N) is 2. The fourth-order valence-electron chi connectivity index (χ4n) is 1.59. The summed E-state index contributed by atoms with van der Waals surface area (Å²) in [4.78, 5) is 19.9. The SMILES string of the molecule is Cc1nc(N(CC(N)=O)CC(C)C)c(N)[nH]1. The summed E-state index contributed by atoms with van der Waals surface area (Å²) in [5.41, 5.74) is 11.0. The van der Waals surface area contributed by atoms with Crippen molar-refractivity contribution >= 4 is 17.5 Å². The van der Waals surface area contributed by atoms with Crippen molar-refractivity contribution in [2.45, 2.75) is 20.8 Å². The van der Waals surface area contributed by atoms with Crippen LogP contribution in [0.25, 0.3) is 0 Å². The van der Waals surface area contributed by atoms with E-state index in [-0.39, 0.29) is 12.5 Å². The Hall–Kier alpha value is -1.72. The molecule has 16 heavy (non-hydrogen) atoms. The Balaban J connectivity index is 2.91. The number of nitrogen functional groups attached to an aromatic ring is 1. The first kappa shape index (κ1) is 12.4. The van der Waals surface area contributed by atoms with Crippen LogP contribution >= 0.6 is 0 Å². The summed E-state index contributed by atoms with van der Waals surface area (Å²) in [5, 5.41) is 0. The number of aryl methyl sites for hydroxylation is 1. The van der Waals surface area contributed by atoms with Crippen LogP contribution < -0.4 is 16.4 Å². The molecule has 0 aliphatic carbocycles. The van der Waals surface area contributed by atoms with E-state index in [1.165, 1.54) is 0 Å². The largest absolute Gasteiger partial charge is 0.382 e. The highest BCUT2D eigenvalue weighted by Crippen LogP contribution is 2.20. The predicted octanol–water partition coefficient (Wildman–Crippen LogP) is 0.248. The summed E-state index contributed by atoms with van der Waals surface area (Å²) in [5.74, 6) is 1.81. The van der Waals surface area contributed by atoms with Gasteiger partial charge in [-0.15, -0.1) is 0 Å². The zero-order valence-corrected chi connectivity index (χ0v) is 9.95. The number of aromatic nitrogens is 2. The Kier molecular flexibility index (Phi) is 3.76. The van der Waals surface area contributed by atoms with Gasteiger partial charge < -0.3 is 21.4 Å². The number of aromatic amines is 1. The molecule has 6 heteroatoms. The van der Waals surface area contributed by atoms with E-state index in [2.05, 4.69) is 23.8 Å². The van der Waals surface area contributed by atoms with Crippen LogP contribution in [0.2, 0.25) is 0 Å². The van der Waals surface area contributed by atoms with Crippen LogP contribution in [-0.4, -0.2) is 29.0 Å². The van der Waals surface area contributed by atoms with E-state index in [0.717, 1.165) is 5.82 Å². The number of nitrogens with one attached hydrogen (secondary N) is 1. The molecular formula is C10H19N5O. The molecule has 5 N–H and O–H groups in total. The first-order chi connectivity index (χ1) is 7.40. The van der Waals surface area contributed by atoms with E-state index in [9.17, 15) is 4.79 Å². The zero-order valence-electron chi connectivity index (χ0n) is 9.95. The van der Waals surface area contributed by atoms with Crippen molar-refractivity contribution in [3.05, 3.63) is 5.82 Å². The van der Waals surface area contributed by atoms with Crippen molar-refractivity contribution in [3.63, 3.8) is 0 Å². The van der Waals surface area contributed by atoms with Crippen molar-refractivity contribution in [2.24, 2.45) is 11.7 Å². The lowest BCUT2D eigenvalue weighted by Gasteiger charge is -2.23. The van der Waals surface area contributed by atoms with Gasteiger partial charge in [0, 0.05) is 6.54 Å². The lowest BCUT2D eigenvalue weighted by molar-refractivity contribution is -0.116. The number of H-pyrrole nitrogens is 1. The maximum absolute atomic E-state index is 11.0. The molecule has 0 spiro atoms. The van der Waals surface area contributed by atoms with Gasteiger partial charge in [-0.3, -0.25) is 4.79 Å². The minimum atomic E-state index is -0.388. The number of amides is 1. The van der Waals surface area contributed by atoms with Gasteiger partial charge in [0.2, 0.25) is 5.91 Å². The van der Waals surface area contributed by atoms with Gasteiger partial charge in [-0.2, -0.15) is 0 Å². The second-order valence-corrected chi connectivity index (χ2v) is 4.30. The summed E-state index contributed by atoms with van der Waals surface area (Å²) in [6, 6.07) is 0. The molecule has 0 fully saturated rings. The van der Waals surface area contributed by atoms with E-state index in [0.29, 0.717) is 24.1 Å². The topological polar surface area (TPSA) is 101 Å². The van der Waals surface area contributed by atoms with E-state index in [4.69, 9.17) is 11.5 Å². The smallest absolute Gasteiger partial charge is 0.237 e. The third kappa shape index (κ3) is 3.15. The number of carbonyl (C=O) groups is 1. The molecule has 0 radical (unpaired) electrons. The quantitative estimate of drug-likeness (QED) is 0.668. The van der Waals surface area contributed by atoms with Gasteiger partial charge >= 0.3 is 0 Å². The van der Waals surface area contributed by atoms with Crippen LogP contribution in [0.15, 0.2) is 0 Å². The molecule has 6 nitrogen and oxygen atoms in total. The van der Waals surface area contributed by atoms with Crippen LogP contribution in [0.3, 0.4) is 0 Å². The van der Waals surface area contributed by atoms with E-state index in [1.54, 1.807) is 4.90 Å². The summed E-state index contributed by atoms with van der Waals surface area (Å²) in [6.45, 7) is 6.76. The molecule has 0 atom stereocenters. The number of anilines is 2. The van der Waals surface area contributed by atoms with Crippen LogP contribution in [0.4, 0.5) is 11.6 Å². The molecule has 1 amide bonds. The Morgan fingerprint density at radius 1 is 1.56 bits per heavy atom. The third-order valence-corrected chi connectivity index (χ3v) is 2.06. The highest BCUT2D eigenvalue weighted by molar-refractivity contribution is 5.80. The van der Waals surface area contributed by atoms with E-state index in [1.807, 2.05) is 6.92 Å². The first-order valence-corrected chi connectivity index (χ1v) is 5.25. The predicted molar refractivity (Wildman–Crippen MR) is 64.0 cm³/mol. The fourth-order valence-corrected chi connectivity index (χ4v) is 1.59. The summed E-state index contributed by atoms with van der Waals surface area (Å²) in [6.07, 6.45) is 0. The molecule has 90 valence electrons. The molecule has 1 heterocycles. The molecule has 1 rings (SSSR count). The maximum Gasteiger partial charge on any atom is 0.237 e. The monoisotopic (exact) mass is 225 g/mol. The van der Waals surface area contributed by atoms with Gasteiger partial charge in [-0.25, -0.2) is 4.98 Å². The number of rotatable bonds is 5. The molecule has 1 aromatic rings. The Morgan fingerprint density at radius 3 is 2.56 bits per heavy atom. The van der Waals surface area contributed by atoms with Gasteiger partial charge in [-0.05, 0) is 12.8 Å². The van der Waals surface area contributed by atoms with E-state index < -0.39 is 0 Å². The third-order valence-electron chi connectivity index (χ3n) is 2.06. The van der Waals surface area contributed by atoms with Gasteiger partial charge in [0.15, 0.2) is 5.82 Å². The second kappa shape index (κ2) is 4.87. The van der Waals surface area contributed by atoms with Crippen LogP contribution in [0.1, 0.15) is 19.7 Å². The van der Waals surface area contributed by atoms with Crippen molar-refractivity contribution < 1.29 is 4.79 Å². The summed E-state index contributed by atoms with van der Waals surface area (Å²) in [7, 11) is 0. The Bertz CT molecular complexity index is 371. The summed E-state index contributed by atoms with van der Waals surface area (Å²) >= 11 is 0. The van der Waals surface area contributed by atoms with Gasteiger partial charge in [0.05, 0.1) is 6.54 Å². The van der Waals surface area contributed by atoms with Crippen LogP contribution in [0, 0.1) is 12.8 Å². The van der Waals surface area contributed by atoms with Crippen LogP contribution in [0.5, 0.6) is 0 Å². The van der Waals surface area contributed by atoms with Crippen molar-refractivity contribution in [1.82, 2.24) is 9.97 Å². The van der Waals surface area contributed by atoms with Gasteiger partial charge in [0.1, 0.15) is 11.6 Å². The van der Waals surface area contributed by atoms with Gasteiger partial charge in [-0.1, -0.05) is 13.8 Å². The Morgan fingerprint density at radius 2 is 2.19 bits per heavy atom. The molecule has 0 aliphatic heterocycles. The number of hydrogen-bond acceptors (Lipinski definition) is 4. The second-order valence-electron chi connectivity index (χ2n) is 4.30. The molecule has 0 aliphatic rings. The van der Waals surface area contributed by atoms with Crippen molar-refractivity contribution in [2.75, 3.05) is 23.7 Å². The molecule has 0 bridgehead atoms. The number of nitrogens with zero attached hydrogens (tertiary/aromatic N) is 2. The molecule has 0 saturated heterocycles. The normalized spacial score (nSPS) is 10.8. The maximum atomic E-state index is 11.0. The molecule has 0 aromatic carbocycles. The average molecular weight is 225 g/mol. The first-order valence-electron chi connectivity index (χ1n) is 5.25. The number of carbonyl (C=O) groups excluding carboxylic acids is 1. The minimum absolute atomic E-state index is 0.132. The Labute approximate surface area is 95.0 Å². The number of imidazole rings is 1. The number of hydrogen-bond donors (Lipinski definition) is 3. The molecular weight excluding hydrogens is 206 g/mol. The lowest BCUT2D eigenvalue weighted by Crippen LogP contribution is -2.36. The minimum Gasteiger partial charge on any atom is -0.382 e. The molecule has 1 aromatic heterocycles. The highest BCUT2D eigenvalue weighted by atomic mass is 16.1. The molecule has 0 saturated carbocycles. The average Bonchev–Trinajstić information content (AvgIpc) is 2.42. The standard InChI is InChI=1S/C10H19N5O/c1-6(2)4-15(5-8(11)16)10-9(12)13-7(3)14-10/h6H,4-5,12H2,1-3H3,(H2,11,16)(H,13,14). The van der Waals surface area contributed by atoms with Crippen molar-refractivity contribution in [3.8, 4) is 0 Å². The molecule has 0 unspecified atom stereocenters. The highest BCUT2D eigenvalue weighted by Gasteiger charge is 2.17. The summed E-state index contributed by atoms with van der Waals surface area (Å²) < 4.78 is 0. The number of primary amides is 1. The zero-order chi connectivity index (χ0) is 12.3. The van der Waals surface area contributed by atoms with Crippen molar-refractivity contribution in [1.29, 1.82) is 0 Å². The lowest BCUT2D eigenvalue weighted by atomic mass is 10.2. The fraction of sp³-hybridized carbons (Fsp3) is 0.600. The van der Waals surface area contributed by atoms with Crippen LogP contribution in [-0.2, 0) is 4.79 Å².